The van der Waals surface area contributed by atoms with E-state index in [1.807, 2.05) is 0 Å². The zero-order valence-corrected chi connectivity index (χ0v) is 11.3. The second-order valence-corrected chi connectivity index (χ2v) is 5.30. The minimum absolute atomic E-state index is 0.00439. The molecule has 1 aliphatic carbocycles. The van der Waals surface area contributed by atoms with E-state index < -0.39 is 37.1 Å². The third-order valence-electron chi connectivity index (χ3n) is 3.58. The first kappa shape index (κ1) is 15.8. The molecule has 2 N–H and O–H groups in total. The van der Waals surface area contributed by atoms with Crippen molar-refractivity contribution >= 4 is 5.91 Å². The zero-order chi connectivity index (χ0) is 15.5. The molecule has 1 amide bonds. The van der Waals surface area contributed by atoms with Crippen LogP contribution in [0.4, 0.5) is 13.2 Å². The lowest BCUT2D eigenvalue weighted by Crippen LogP contribution is -2.41. The molecule has 0 bridgehead atoms. The zero-order valence-electron chi connectivity index (χ0n) is 11.3. The average Bonchev–Trinajstić information content (AvgIpc) is 2.40. The minimum atomic E-state index is -4.34. The van der Waals surface area contributed by atoms with Crippen molar-refractivity contribution < 1.29 is 23.1 Å². The number of rotatable bonds is 5. The van der Waals surface area contributed by atoms with Gasteiger partial charge in [-0.3, -0.25) is 9.78 Å². The van der Waals surface area contributed by atoms with Crippen molar-refractivity contribution in [1.82, 2.24) is 10.3 Å². The van der Waals surface area contributed by atoms with Gasteiger partial charge in [0.15, 0.2) is 0 Å². The van der Waals surface area contributed by atoms with E-state index in [4.69, 9.17) is 0 Å². The maximum absolute atomic E-state index is 12.1. The molecule has 1 fully saturated rings. The van der Waals surface area contributed by atoms with Crippen LogP contribution >= 0.6 is 0 Å². The van der Waals surface area contributed by atoms with Gasteiger partial charge in [-0.25, -0.2) is 0 Å². The first-order valence-electron chi connectivity index (χ1n) is 6.80. The van der Waals surface area contributed by atoms with Crippen LogP contribution in [-0.4, -0.2) is 28.3 Å². The van der Waals surface area contributed by atoms with Crippen LogP contribution in [0.25, 0.3) is 0 Å². The van der Waals surface area contributed by atoms with E-state index in [-0.39, 0.29) is 5.92 Å². The maximum Gasteiger partial charge on any atom is 0.389 e. The first-order chi connectivity index (χ1) is 9.85. The van der Waals surface area contributed by atoms with Crippen LogP contribution in [0.2, 0.25) is 0 Å². The van der Waals surface area contributed by atoms with Gasteiger partial charge < -0.3 is 10.4 Å². The number of nitrogens with zero attached hydrogens (tertiary/aromatic N) is 1. The van der Waals surface area contributed by atoms with Crippen molar-refractivity contribution in [2.75, 3.05) is 0 Å². The standard InChI is InChI=1S/C14H17F3N2O2/c15-14(16,17)5-4-12(21)19-13(9-7-10(20)8-9)11-3-1-2-6-18-11/h1-3,6,9-10,13,20H,4-5,7-8H2,(H,19,21)/t9?,10?,13-/m1/s1. The number of aliphatic hydroxyl groups is 1. The van der Waals surface area contributed by atoms with Crippen molar-refractivity contribution in [2.45, 2.75) is 44.0 Å². The SMILES string of the molecule is O=C(CCC(F)(F)F)N[C@@H](c1ccccn1)C1CC(O)C1. The smallest absolute Gasteiger partial charge is 0.389 e. The molecule has 0 unspecified atom stereocenters. The van der Waals surface area contributed by atoms with Crippen molar-refractivity contribution in [3.63, 3.8) is 0 Å². The number of pyridine rings is 1. The Bertz CT molecular complexity index is 473. The summed E-state index contributed by atoms with van der Waals surface area (Å²) in [5.41, 5.74) is 0.606. The van der Waals surface area contributed by atoms with Crippen molar-refractivity contribution in [3.8, 4) is 0 Å². The van der Waals surface area contributed by atoms with Gasteiger partial charge in [0.25, 0.3) is 0 Å². The summed E-state index contributed by atoms with van der Waals surface area (Å²) in [5.74, 6) is -0.644. The van der Waals surface area contributed by atoms with E-state index in [1.54, 1.807) is 24.4 Å². The summed E-state index contributed by atoms with van der Waals surface area (Å²) < 4.78 is 36.4. The predicted molar refractivity (Wildman–Crippen MR) is 69.1 cm³/mol. The van der Waals surface area contributed by atoms with E-state index in [9.17, 15) is 23.1 Å². The molecule has 116 valence electrons. The highest BCUT2D eigenvalue weighted by Gasteiger charge is 2.36. The second kappa shape index (κ2) is 6.43. The summed E-state index contributed by atoms with van der Waals surface area (Å²) in [7, 11) is 0. The fourth-order valence-corrected chi connectivity index (χ4v) is 2.40. The largest absolute Gasteiger partial charge is 0.393 e. The lowest BCUT2D eigenvalue weighted by atomic mass is 9.76. The molecule has 1 heterocycles. The fourth-order valence-electron chi connectivity index (χ4n) is 2.40. The Hall–Kier alpha value is -1.63. The van der Waals surface area contributed by atoms with Gasteiger partial charge in [-0.1, -0.05) is 6.07 Å². The summed E-state index contributed by atoms with van der Waals surface area (Å²) >= 11 is 0. The topological polar surface area (TPSA) is 62.2 Å². The van der Waals surface area contributed by atoms with Crippen molar-refractivity contribution in [3.05, 3.63) is 30.1 Å². The number of carbonyl (C=O) groups excluding carboxylic acids is 1. The van der Waals surface area contributed by atoms with E-state index >= 15 is 0 Å². The van der Waals surface area contributed by atoms with Gasteiger partial charge in [-0.15, -0.1) is 0 Å². The number of hydrogen-bond acceptors (Lipinski definition) is 3. The van der Waals surface area contributed by atoms with Gasteiger partial charge in [0.05, 0.1) is 24.3 Å². The molecule has 1 aromatic heterocycles. The summed E-state index contributed by atoms with van der Waals surface area (Å²) in [5, 5.41) is 12.0. The summed E-state index contributed by atoms with van der Waals surface area (Å²) in [6, 6.07) is 4.75. The Morgan fingerprint density at radius 3 is 2.67 bits per heavy atom. The third kappa shape index (κ3) is 4.70. The summed E-state index contributed by atoms with van der Waals surface area (Å²) in [4.78, 5) is 15.8. The fraction of sp³-hybridized carbons (Fsp3) is 0.571. The van der Waals surface area contributed by atoms with E-state index in [2.05, 4.69) is 10.3 Å². The first-order valence-corrected chi connectivity index (χ1v) is 6.80. The Morgan fingerprint density at radius 1 is 1.43 bits per heavy atom. The molecular formula is C14H17F3N2O2. The molecule has 0 aromatic carbocycles. The molecule has 1 aromatic rings. The second-order valence-electron chi connectivity index (χ2n) is 5.30. The number of nitrogens with one attached hydrogen (secondary N) is 1. The number of halogens is 3. The van der Waals surface area contributed by atoms with Crippen LogP contribution < -0.4 is 5.32 Å². The predicted octanol–water partition coefficient (Wildman–Crippen LogP) is 2.35. The molecule has 4 nitrogen and oxygen atoms in total. The van der Waals surface area contributed by atoms with E-state index in [0.29, 0.717) is 18.5 Å². The number of alkyl halides is 3. The lowest BCUT2D eigenvalue weighted by Gasteiger charge is -2.37. The van der Waals surface area contributed by atoms with Crippen LogP contribution in [0.3, 0.4) is 0 Å². The summed E-state index contributed by atoms with van der Waals surface area (Å²) in [6.45, 7) is 0. The van der Waals surface area contributed by atoms with Gasteiger partial charge in [0, 0.05) is 12.6 Å². The Labute approximate surface area is 120 Å². The normalized spacial score (nSPS) is 23.2. The monoisotopic (exact) mass is 302 g/mol. The molecule has 7 heteroatoms. The Balaban J connectivity index is 1.98. The number of aromatic nitrogens is 1. The van der Waals surface area contributed by atoms with Crippen molar-refractivity contribution in [1.29, 1.82) is 0 Å². The molecular weight excluding hydrogens is 285 g/mol. The number of amides is 1. The van der Waals surface area contributed by atoms with E-state index in [1.165, 1.54) is 0 Å². The lowest BCUT2D eigenvalue weighted by molar-refractivity contribution is -0.144. The highest BCUT2D eigenvalue weighted by Crippen LogP contribution is 2.37. The molecule has 1 atom stereocenters. The van der Waals surface area contributed by atoms with Gasteiger partial charge in [-0.2, -0.15) is 13.2 Å². The molecule has 0 aliphatic heterocycles. The summed E-state index contributed by atoms with van der Waals surface area (Å²) in [6.07, 6.45) is -3.89. The number of hydrogen-bond donors (Lipinski definition) is 2. The third-order valence-corrected chi connectivity index (χ3v) is 3.58. The van der Waals surface area contributed by atoms with Gasteiger partial charge >= 0.3 is 6.18 Å². The average molecular weight is 302 g/mol. The van der Waals surface area contributed by atoms with Crippen LogP contribution in [0, 0.1) is 5.92 Å². The minimum Gasteiger partial charge on any atom is -0.393 e. The van der Waals surface area contributed by atoms with E-state index in [0.717, 1.165) is 0 Å². The number of carbonyl (C=O) groups is 1. The highest BCUT2D eigenvalue weighted by molar-refractivity contribution is 5.76. The van der Waals surface area contributed by atoms with Crippen LogP contribution in [-0.2, 0) is 4.79 Å². The molecule has 2 rings (SSSR count). The molecule has 0 spiro atoms. The maximum atomic E-state index is 12.1. The molecule has 1 saturated carbocycles. The van der Waals surface area contributed by atoms with Crippen LogP contribution in [0.5, 0.6) is 0 Å². The Kier molecular flexibility index (Phi) is 4.82. The van der Waals surface area contributed by atoms with Crippen LogP contribution in [0.1, 0.15) is 37.4 Å². The molecule has 1 aliphatic rings. The van der Waals surface area contributed by atoms with Crippen molar-refractivity contribution in [2.24, 2.45) is 5.92 Å². The van der Waals surface area contributed by atoms with Gasteiger partial charge in [-0.05, 0) is 30.9 Å². The Morgan fingerprint density at radius 2 is 2.14 bits per heavy atom. The number of aliphatic hydroxyl groups excluding tert-OH is 1. The molecule has 21 heavy (non-hydrogen) atoms. The van der Waals surface area contributed by atoms with Gasteiger partial charge in [0.2, 0.25) is 5.91 Å². The highest BCUT2D eigenvalue weighted by atomic mass is 19.4. The van der Waals surface area contributed by atoms with Crippen LogP contribution in [0.15, 0.2) is 24.4 Å². The quantitative estimate of drug-likeness (QED) is 0.877. The molecule has 0 saturated heterocycles. The van der Waals surface area contributed by atoms with Gasteiger partial charge in [0.1, 0.15) is 0 Å². The molecule has 0 radical (unpaired) electrons.